The highest BCUT2D eigenvalue weighted by Gasteiger charge is 2.31. The van der Waals surface area contributed by atoms with Crippen molar-refractivity contribution in [2.75, 3.05) is 11.9 Å². The predicted octanol–water partition coefficient (Wildman–Crippen LogP) is 1.96. The molecule has 2 aromatic rings. The molecule has 0 amide bonds. The number of carboxylic acids is 1. The first-order valence-corrected chi connectivity index (χ1v) is 6.36. The molecule has 104 valence electrons. The molecule has 3 rings (SSSR count). The van der Waals surface area contributed by atoms with Gasteiger partial charge in [0.25, 0.3) is 0 Å². The van der Waals surface area contributed by atoms with Crippen molar-refractivity contribution in [1.82, 2.24) is 0 Å². The maximum atomic E-state index is 12.6. The van der Waals surface area contributed by atoms with Crippen LogP contribution >= 0.6 is 0 Å². The highest BCUT2D eigenvalue weighted by Crippen LogP contribution is 2.31. The van der Waals surface area contributed by atoms with Gasteiger partial charge in [-0.15, -0.1) is 0 Å². The Bertz CT molecular complexity index is 780. The van der Waals surface area contributed by atoms with Crippen LogP contribution in [0.3, 0.4) is 0 Å². The maximum absolute atomic E-state index is 12.6. The van der Waals surface area contributed by atoms with E-state index < -0.39 is 5.97 Å². The predicted molar refractivity (Wildman–Crippen MR) is 75.9 cm³/mol. The molecule has 0 unspecified atom stereocenters. The van der Waals surface area contributed by atoms with E-state index in [0.717, 1.165) is 0 Å². The van der Waals surface area contributed by atoms with E-state index in [4.69, 9.17) is 5.11 Å². The molecule has 0 heterocycles. The molecular formula is C16H11NO4. The first kappa shape index (κ1) is 13.1. The van der Waals surface area contributed by atoms with Gasteiger partial charge in [-0.25, -0.2) is 0 Å². The van der Waals surface area contributed by atoms with Gasteiger partial charge in [0.1, 0.15) is 6.54 Å². The molecular weight excluding hydrogens is 270 g/mol. The van der Waals surface area contributed by atoms with Gasteiger partial charge in [-0.2, -0.15) is 0 Å². The van der Waals surface area contributed by atoms with E-state index in [-0.39, 0.29) is 23.7 Å². The zero-order valence-corrected chi connectivity index (χ0v) is 10.9. The average molecular weight is 281 g/mol. The second-order valence-electron chi connectivity index (χ2n) is 4.68. The highest BCUT2D eigenvalue weighted by molar-refractivity contribution is 6.30. The van der Waals surface area contributed by atoms with E-state index in [2.05, 4.69) is 5.32 Å². The molecule has 0 saturated carbocycles. The largest absolute Gasteiger partial charge is 0.480 e. The fourth-order valence-corrected chi connectivity index (χ4v) is 2.46. The fraction of sp³-hybridized carbons (Fsp3) is 0.0625. The van der Waals surface area contributed by atoms with E-state index in [1.165, 1.54) is 0 Å². The lowest BCUT2D eigenvalue weighted by atomic mass is 9.83. The van der Waals surface area contributed by atoms with Gasteiger partial charge in [-0.1, -0.05) is 36.4 Å². The normalized spacial score (nSPS) is 12.6. The summed E-state index contributed by atoms with van der Waals surface area (Å²) in [5, 5.41) is 11.4. The van der Waals surface area contributed by atoms with Crippen molar-refractivity contribution in [3.8, 4) is 0 Å². The number of carbonyl (C=O) groups excluding carboxylic acids is 2. The minimum Gasteiger partial charge on any atom is -0.480 e. The molecule has 0 aromatic heterocycles. The third kappa shape index (κ3) is 2.08. The van der Waals surface area contributed by atoms with Crippen LogP contribution in [0.4, 0.5) is 5.69 Å². The second kappa shape index (κ2) is 4.86. The van der Waals surface area contributed by atoms with E-state index in [1.807, 2.05) is 0 Å². The molecule has 0 fully saturated rings. The van der Waals surface area contributed by atoms with Crippen molar-refractivity contribution in [3.63, 3.8) is 0 Å². The van der Waals surface area contributed by atoms with Crippen LogP contribution in [-0.2, 0) is 4.79 Å². The summed E-state index contributed by atoms with van der Waals surface area (Å²) in [4.78, 5) is 35.7. The van der Waals surface area contributed by atoms with Crippen molar-refractivity contribution in [2.45, 2.75) is 0 Å². The van der Waals surface area contributed by atoms with Gasteiger partial charge in [-0.05, 0) is 6.07 Å². The molecule has 2 N–H and O–H groups in total. The third-order valence-electron chi connectivity index (χ3n) is 3.38. The quantitative estimate of drug-likeness (QED) is 0.766. The summed E-state index contributed by atoms with van der Waals surface area (Å²) in [7, 11) is 0. The molecule has 5 nitrogen and oxygen atoms in total. The van der Waals surface area contributed by atoms with Gasteiger partial charge >= 0.3 is 5.97 Å². The van der Waals surface area contributed by atoms with Crippen LogP contribution in [-0.4, -0.2) is 29.2 Å². The van der Waals surface area contributed by atoms with Crippen LogP contribution in [0.25, 0.3) is 0 Å². The lowest BCUT2D eigenvalue weighted by molar-refractivity contribution is -0.134. The topological polar surface area (TPSA) is 83.5 Å². The lowest BCUT2D eigenvalue weighted by Gasteiger charge is -2.20. The van der Waals surface area contributed by atoms with Crippen LogP contribution in [0.1, 0.15) is 31.8 Å². The van der Waals surface area contributed by atoms with Gasteiger partial charge in [0, 0.05) is 22.4 Å². The number of nitrogens with one attached hydrogen (secondary N) is 1. The molecule has 0 bridgehead atoms. The molecule has 21 heavy (non-hydrogen) atoms. The average Bonchev–Trinajstić information content (AvgIpc) is 2.50. The van der Waals surface area contributed by atoms with Gasteiger partial charge in [-0.3, -0.25) is 14.4 Å². The summed E-state index contributed by atoms with van der Waals surface area (Å²) >= 11 is 0. The molecule has 0 atom stereocenters. The Hall–Kier alpha value is -2.95. The second-order valence-corrected chi connectivity index (χ2v) is 4.68. The number of hydrogen-bond acceptors (Lipinski definition) is 4. The van der Waals surface area contributed by atoms with E-state index in [9.17, 15) is 14.4 Å². The molecule has 5 heteroatoms. The summed E-state index contributed by atoms with van der Waals surface area (Å²) in [5.74, 6) is -1.53. The molecule has 1 aliphatic carbocycles. The summed E-state index contributed by atoms with van der Waals surface area (Å²) in [6.45, 7) is -0.320. The van der Waals surface area contributed by atoms with Crippen LogP contribution in [0.5, 0.6) is 0 Å². The Morgan fingerprint density at radius 3 is 2.19 bits per heavy atom. The van der Waals surface area contributed by atoms with Gasteiger partial charge in [0.15, 0.2) is 11.6 Å². The fourth-order valence-electron chi connectivity index (χ4n) is 2.46. The summed E-state index contributed by atoms with van der Waals surface area (Å²) in [5.41, 5.74) is 1.63. The van der Waals surface area contributed by atoms with Crippen LogP contribution < -0.4 is 5.32 Å². The summed E-state index contributed by atoms with van der Waals surface area (Å²) in [6, 6.07) is 11.4. The van der Waals surface area contributed by atoms with Crippen molar-refractivity contribution in [2.24, 2.45) is 0 Å². The third-order valence-corrected chi connectivity index (χ3v) is 3.38. The number of rotatable bonds is 3. The van der Waals surface area contributed by atoms with Crippen LogP contribution in [0.15, 0.2) is 42.5 Å². The van der Waals surface area contributed by atoms with Crippen molar-refractivity contribution >= 4 is 23.2 Å². The molecule has 2 aromatic carbocycles. The van der Waals surface area contributed by atoms with Crippen molar-refractivity contribution < 1.29 is 19.5 Å². The Kier molecular flexibility index (Phi) is 3.02. The number of aliphatic carboxylic acids is 1. The summed E-state index contributed by atoms with van der Waals surface area (Å²) in [6.07, 6.45) is 0. The summed E-state index contributed by atoms with van der Waals surface area (Å²) < 4.78 is 0. The van der Waals surface area contributed by atoms with Gasteiger partial charge in [0.2, 0.25) is 0 Å². The van der Waals surface area contributed by atoms with E-state index in [0.29, 0.717) is 22.4 Å². The first-order chi connectivity index (χ1) is 10.1. The Balaban J connectivity index is 2.14. The standard InChI is InChI=1S/C16H11NO4/c18-13(19)8-17-12-7-3-6-11-14(12)16(21)10-5-2-1-4-9(10)15(11)20/h1-7,17H,8H2,(H,18,19). The van der Waals surface area contributed by atoms with Crippen LogP contribution in [0, 0.1) is 0 Å². The number of hydrogen-bond donors (Lipinski definition) is 2. The number of ketones is 2. The molecule has 0 saturated heterocycles. The zero-order chi connectivity index (χ0) is 15.0. The van der Waals surface area contributed by atoms with Crippen molar-refractivity contribution in [1.29, 1.82) is 0 Å². The van der Waals surface area contributed by atoms with Gasteiger partial charge in [0.05, 0.1) is 5.56 Å². The monoisotopic (exact) mass is 281 g/mol. The molecule has 0 radical (unpaired) electrons. The van der Waals surface area contributed by atoms with E-state index >= 15 is 0 Å². The Morgan fingerprint density at radius 1 is 0.905 bits per heavy atom. The van der Waals surface area contributed by atoms with Crippen molar-refractivity contribution in [3.05, 3.63) is 64.7 Å². The lowest BCUT2D eigenvalue weighted by Crippen LogP contribution is -2.23. The number of carboxylic acid groups (broad SMARTS) is 1. The SMILES string of the molecule is O=C(O)CNc1cccc2c1C(=O)c1ccccc1C2=O. The first-order valence-electron chi connectivity index (χ1n) is 6.36. The minimum atomic E-state index is -1.04. The Morgan fingerprint density at radius 2 is 1.52 bits per heavy atom. The number of fused-ring (bicyclic) bond motifs is 2. The highest BCUT2D eigenvalue weighted by atomic mass is 16.4. The maximum Gasteiger partial charge on any atom is 0.322 e. The Labute approximate surface area is 120 Å². The molecule has 0 aliphatic heterocycles. The smallest absolute Gasteiger partial charge is 0.322 e. The number of carbonyl (C=O) groups is 3. The molecule has 1 aliphatic rings. The number of benzene rings is 2. The minimum absolute atomic E-state index is 0.223. The van der Waals surface area contributed by atoms with E-state index in [1.54, 1.807) is 42.5 Å². The number of anilines is 1. The van der Waals surface area contributed by atoms with Gasteiger partial charge < -0.3 is 10.4 Å². The zero-order valence-electron chi connectivity index (χ0n) is 10.9. The molecule has 0 spiro atoms. The van der Waals surface area contributed by atoms with Crippen LogP contribution in [0.2, 0.25) is 0 Å².